The zero-order valence-corrected chi connectivity index (χ0v) is 15.4. The van der Waals surface area contributed by atoms with Crippen molar-refractivity contribution < 1.29 is 33.4 Å². The Hall–Kier alpha value is -2.58. The summed E-state index contributed by atoms with van der Waals surface area (Å²) in [5.74, 6) is 0.406. The van der Waals surface area contributed by atoms with Crippen molar-refractivity contribution in [3.05, 3.63) is 52.8 Å². The number of ether oxygens (including phenoxy) is 3. The number of fused-ring (bicyclic) bond motifs is 2. The Morgan fingerprint density at radius 3 is 2.89 bits per heavy atom. The molecular weight excluding hydrogens is 366 g/mol. The average Bonchev–Trinajstić information content (AvgIpc) is 3.27. The molecule has 0 radical (unpaired) electrons. The first-order valence-electron chi connectivity index (χ1n) is 9.15. The summed E-state index contributed by atoms with van der Waals surface area (Å²) in [7, 11) is -0.288. The maximum atomic E-state index is 14.4. The first-order valence-corrected chi connectivity index (χ1v) is 9.15. The number of carbonyl (C=O) groups is 1. The van der Waals surface area contributed by atoms with Crippen molar-refractivity contribution in [3.8, 4) is 11.5 Å². The van der Waals surface area contributed by atoms with Gasteiger partial charge in [-0.2, -0.15) is 0 Å². The molecule has 2 aromatic carbocycles. The first-order chi connectivity index (χ1) is 13.5. The Morgan fingerprint density at radius 1 is 1.32 bits per heavy atom. The largest absolute Gasteiger partial charge is 0.492 e. The molecule has 0 aromatic heterocycles. The maximum absolute atomic E-state index is 14.4. The molecule has 1 aliphatic carbocycles. The molecule has 2 aliphatic rings. The standard InChI is InChI=1S/C20H20BFO6/c1-26-19(23)8-11-10-27-18-9-12(2-3-13(11)18)28-17-7-4-14-15(21(24)25)5-6-16(22)20(14)17/h2-3,5-6,9,11,17,24-25H,4,7-8,10H2,1H3/t11-,17-/m1/s1. The molecule has 0 unspecified atom stereocenters. The van der Waals surface area contributed by atoms with Crippen LogP contribution in [0.25, 0.3) is 0 Å². The van der Waals surface area contributed by atoms with Gasteiger partial charge >= 0.3 is 13.1 Å². The Balaban J connectivity index is 1.55. The van der Waals surface area contributed by atoms with Crippen LogP contribution in [0.5, 0.6) is 11.5 Å². The smallest absolute Gasteiger partial charge is 0.488 e. The molecule has 6 nitrogen and oxygen atoms in total. The van der Waals surface area contributed by atoms with Crippen molar-refractivity contribution >= 4 is 18.6 Å². The second-order valence-corrected chi connectivity index (χ2v) is 7.04. The van der Waals surface area contributed by atoms with Gasteiger partial charge in [0.05, 0.1) is 20.1 Å². The van der Waals surface area contributed by atoms with E-state index in [-0.39, 0.29) is 18.3 Å². The number of rotatable bonds is 5. The van der Waals surface area contributed by atoms with Crippen molar-refractivity contribution in [2.24, 2.45) is 0 Å². The monoisotopic (exact) mass is 386 g/mol. The molecule has 8 heteroatoms. The second kappa shape index (κ2) is 7.45. The highest BCUT2D eigenvalue weighted by molar-refractivity contribution is 6.59. The first kappa shape index (κ1) is 18.8. The Morgan fingerprint density at radius 2 is 2.14 bits per heavy atom. The average molecular weight is 386 g/mol. The molecule has 1 heterocycles. The lowest BCUT2D eigenvalue weighted by Gasteiger charge is -2.17. The van der Waals surface area contributed by atoms with Gasteiger partial charge < -0.3 is 24.3 Å². The summed E-state index contributed by atoms with van der Waals surface area (Å²) in [5, 5.41) is 19.0. The van der Waals surface area contributed by atoms with Crippen LogP contribution in [0.3, 0.4) is 0 Å². The van der Waals surface area contributed by atoms with Gasteiger partial charge in [-0.15, -0.1) is 0 Å². The molecule has 2 atom stereocenters. The highest BCUT2D eigenvalue weighted by atomic mass is 19.1. The molecule has 0 saturated carbocycles. The lowest BCUT2D eigenvalue weighted by Crippen LogP contribution is -2.33. The molecule has 2 aromatic rings. The zero-order chi connectivity index (χ0) is 19.8. The van der Waals surface area contributed by atoms with E-state index in [1.54, 1.807) is 12.1 Å². The summed E-state index contributed by atoms with van der Waals surface area (Å²) >= 11 is 0. The minimum absolute atomic E-state index is 0.0604. The highest BCUT2D eigenvalue weighted by Crippen LogP contribution is 2.41. The third-order valence-electron chi connectivity index (χ3n) is 5.38. The third-order valence-corrected chi connectivity index (χ3v) is 5.38. The van der Waals surface area contributed by atoms with E-state index in [0.29, 0.717) is 47.5 Å². The molecule has 0 spiro atoms. The molecule has 0 fully saturated rings. The van der Waals surface area contributed by atoms with Gasteiger partial charge in [-0.3, -0.25) is 4.79 Å². The van der Waals surface area contributed by atoms with E-state index in [9.17, 15) is 19.2 Å². The van der Waals surface area contributed by atoms with E-state index in [2.05, 4.69) is 0 Å². The van der Waals surface area contributed by atoms with E-state index in [1.165, 1.54) is 19.2 Å². The van der Waals surface area contributed by atoms with Crippen molar-refractivity contribution in [3.63, 3.8) is 0 Å². The molecule has 0 bridgehead atoms. The minimum atomic E-state index is -1.65. The van der Waals surface area contributed by atoms with Crippen molar-refractivity contribution in [2.45, 2.75) is 31.3 Å². The summed E-state index contributed by atoms with van der Waals surface area (Å²) in [6, 6.07) is 8.00. The van der Waals surface area contributed by atoms with E-state index >= 15 is 0 Å². The predicted molar refractivity (Wildman–Crippen MR) is 99.2 cm³/mol. The van der Waals surface area contributed by atoms with Crippen LogP contribution < -0.4 is 14.9 Å². The van der Waals surface area contributed by atoms with Crippen LogP contribution >= 0.6 is 0 Å². The quantitative estimate of drug-likeness (QED) is 0.600. The van der Waals surface area contributed by atoms with Gasteiger partial charge in [0, 0.05) is 23.1 Å². The minimum Gasteiger partial charge on any atom is -0.492 e. The topological polar surface area (TPSA) is 85.2 Å². The second-order valence-electron chi connectivity index (χ2n) is 7.04. The fourth-order valence-electron chi connectivity index (χ4n) is 4.01. The fraction of sp³-hybridized carbons (Fsp3) is 0.350. The Bertz CT molecular complexity index is 916. The number of hydrogen-bond donors (Lipinski definition) is 2. The van der Waals surface area contributed by atoms with E-state index in [0.717, 1.165) is 5.56 Å². The van der Waals surface area contributed by atoms with Gasteiger partial charge in [0.2, 0.25) is 0 Å². The van der Waals surface area contributed by atoms with E-state index < -0.39 is 19.0 Å². The highest BCUT2D eigenvalue weighted by Gasteiger charge is 2.33. The van der Waals surface area contributed by atoms with Gasteiger partial charge in [0.1, 0.15) is 23.4 Å². The van der Waals surface area contributed by atoms with Crippen LogP contribution in [-0.2, 0) is 16.0 Å². The van der Waals surface area contributed by atoms with E-state index in [4.69, 9.17) is 14.2 Å². The number of hydrogen-bond acceptors (Lipinski definition) is 6. The van der Waals surface area contributed by atoms with Crippen LogP contribution in [0.2, 0.25) is 0 Å². The van der Waals surface area contributed by atoms with Crippen molar-refractivity contribution in [1.82, 2.24) is 0 Å². The van der Waals surface area contributed by atoms with Crippen LogP contribution in [0.4, 0.5) is 4.39 Å². The predicted octanol–water partition coefficient (Wildman–Crippen LogP) is 1.61. The van der Waals surface area contributed by atoms with Crippen molar-refractivity contribution in [2.75, 3.05) is 13.7 Å². The Labute approximate surface area is 162 Å². The number of esters is 1. The number of methoxy groups -OCH3 is 1. The summed E-state index contributed by atoms with van der Waals surface area (Å²) in [6.45, 7) is 0.395. The van der Waals surface area contributed by atoms with Crippen LogP contribution in [0, 0.1) is 5.82 Å². The molecule has 4 rings (SSSR count). The Kier molecular flexibility index (Phi) is 4.99. The number of benzene rings is 2. The SMILES string of the molecule is COC(=O)C[C@@H]1COc2cc(O[C@@H]3CCc4c(B(O)O)ccc(F)c43)ccc21. The van der Waals surface area contributed by atoms with Gasteiger partial charge in [-0.25, -0.2) is 4.39 Å². The molecule has 0 saturated heterocycles. The van der Waals surface area contributed by atoms with Gasteiger partial charge in [0.25, 0.3) is 0 Å². The molecule has 28 heavy (non-hydrogen) atoms. The molecule has 2 N–H and O–H groups in total. The lowest BCUT2D eigenvalue weighted by atomic mass is 9.76. The van der Waals surface area contributed by atoms with Crippen molar-refractivity contribution in [1.29, 1.82) is 0 Å². The third kappa shape index (κ3) is 3.34. The zero-order valence-electron chi connectivity index (χ0n) is 15.4. The molecule has 146 valence electrons. The van der Waals surface area contributed by atoms with Crippen LogP contribution in [-0.4, -0.2) is 36.9 Å². The van der Waals surface area contributed by atoms with Crippen LogP contribution in [0.1, 0.15) is 41.6 Å². The summed E-state index contributed by atoms with van der Waals surface area (Å²) in [4.78, 5) is 11.5. The molecule has 0 amide bonds. The lowest BCUT2D eigenvalue weighted by molar-refractivity contribution is -0.141. The van der Waals surface area contributed by atoms with Gasteiger partial charge in [-0.1, -0.05) is 12.1 Å². The molecule has 1 aliphatic heterocycles. The summed E-state index contributed by atoms with van der Waals surface area (Å²) in [6.07, 6.45) is 0.780. The fourth-order valence-corrected chi connectivity index (χ4v) is 4.01. The van der Waals surface area contributed by atoms with Gasteiger partial charge in [-0.05, 0) is 36.0 Å². The number of halogens is 1. The maximum Gasteiger partial charge on any atom is 0.488 e. The summed E-state index contributed by atoms with van der Waals surface area (Å²) < 4.78 is 30.8. The number of carbonyl (C=O) groups excluding carboxylic acids is 1. The van der Waals surface area contributed by atoms with Crippen LogP contribution in [0.15, 0.2) is 30.3 Å². The van der Waals surface area contributed by atoms with E-state index in [1.807, 2.05) is 6.07 Å². The summed E-state index contributed by atoms with van der Waals surface area (Å²) in [5.41, 5.74) is 2.19. The molecular formula is C20H20BFO6. The van der Waals surface area contributed by atoms with Gasteiger partial charge in [0.15, 0.2) is 0 Å². The normalized spacial score (nSPS) is 19.6.